The summed E-state index contributed by atoms with van der Waals surface area (Å²) in [6.45, 7) is 8.55. The quantitative estimate of drug-likeness (QED) is 0.155. The molecule has 0 atom stereocenters. The molecule has 0 aliphatic rings. The van der Waals surface area contributed by atoms with Crippen LogP contribution >= 0.6 is 11.6 Å². The number of hydrogen-bond acceptors (Lipinski definition) is 6. The van der Waals surface area contributed by atoms with Crippen molar-refractivity contribution in [2.75, 3.05) is 31.5 Å². The van der Waals surface area contributed by atoms with E-state index in [4.69, 9.17) is 32.0 Å². The molecule has 3 aromatic rings. The van der Waals surface area contributed by atoms with Gasteiger partial charge in [-0.1, -0.05) is 98.2 Å². The third kappa shape index (κ3) is 10.7. The van der Waals surface area contributed by atoms with Gasteiger partial charge in [-0.3, -0.25) is 9.59 Å². The second kappa shape index (κ2) is 16.9. The number of anilines is 1. The second-order valence-electron chi connectivity index (χ2n) is 9.43. The Hall–Kier alpha value is -4.18. The predicted molar refractivity (Wildman–Crippen MR) is 164 cm³/mol. The lowest BCUT2D eigenvalue weighted by Crippen LogP contribution is -2.42. The number of benzene rings is 3. The van der Waals surface area contributed by atoms with Crippen LogP contribution in [0, 0.1) is 0 Å². The zero-order valence-corrected chi connectivity index (χ0v) is 24.4. The van der Waals surface area contributed by atoms with E-state index in [1.165, 1.54) is 0 Å². The fourth-order valence-corrected chi connectivity index (χ4v) is 4.46. The molecular weight excluding hydrogens is 560 g/mol. The number of carboxylic acid groups (broad SMARTS) is 3. The number of nitrogens with zero attached hydrogens (tertiary/aromatic N) is 1. The van der Waals surface area contributed by atoms with Gasteiger partial charge in [0.15, 0.2) is 5.60 Å². The van der Waals surface area contributed by atoms with Crippen LogP contribution in [0.4, 0.5) is 5.69 Å². The largest absolute Gasteiger partial charge is 0.481 e. The molecule has 42 heavy (non-hydrogen) atoms. The lowest BCUT2D eigenvalue weighted by atomic mass is 9.95. The van der Waals surface area contributed by atoms with E-state index in [2.05, 4.69) is 72.6 Å². The van der Waals surface area contributed by atoms with Crippen LogP contribution in [-0.4, -0.2) is 75.0 Å². The molecule has 10 heteroatoms. The van der Waals surface area contributed by atoms with E-state index in [-0.39, 0.29) is 0 Å². The van der Waals surface area contributed by atoms with E-state index in [9.17, 15) is 14.4 Å². The maximum atomic E-state index is 10.3. The molecule has 0 aromatic heterocycles. The maximum Gasteiger partial charge on any atom is 0.336 e. The minimum absolute atomic E-state index is 0.763. The molecule has 3 aromatic carbocycles. The van der Waals surface area contributed by atoms with Crippen LogP contribution < -0.4 is 5.32 Å². The monoisotopic (exact) mass is 596 g/mol. The summed E-state index contributed by atoms with van der Waals surface area (Å²) in [6.07, 6.45) is -2.29. The van der Waals surface area contributed by atoms with Gasteiger partial charge >= 0.3 is 17.9 Å². The molecule has 0 heterocycles. The summed E-state index contributed by atoms with van der Waals surface area (Å²) >= 11 is 6.89. The molecular formula is C32H37ClN2O7. The van der Waals surface area contributed by atoms with Crippen LogP contribution in [0.3, 0.4) is 0 Å². The van der Waals surface area contributed by atoms with Gasteiger partial charge in [-0.05, 0) is 41.9 Å². The molecule has 0 aliphatic heterocycles. The third-order valence-electron chi connectivity index (χ3n) is 6.42. The van der Waals surface area contributed by atoms with Gasteiger partial charge in [-0.15, -0.1) is 0 Å². The fourth-order valence-electron chi connectivity index (χ4n) is 4.12. The number of nitrogens with one attached hydrogen (secondary N) is 1. The van der Waals surface area contributed by atoms with Crippen molar-refractivity contribution in [3.05, 3.63) is 102 Å². The highest BCUT2D eigenvalue weighted by atomic mass is 35.5. The Kier molecular flexibility index (Phi) is 13.7. The van der Waals surface area contributed by atoms with Gasteiger partial charge < -0.3 is 30.6 Å². The SMILES string of the molecule is CCN(CC)CCNc1ccc(/C(=C(/Cl)c2ccccc2)c2ccccc2)cc1.O=C(O)CC(O)(CC(=O)O)C(=O)O. The van der Waals surface area contributed by atoms with E-state index in [1.54, 1.807) is 0 Å². The average Bonchev–Trinajstić information content (AvgIpc) is 2.96. The Morgan fingerprint density at radius 2 is 1.19 bits per heavy atom. The van der Waals surface area contributed by atoms with E-state index in [0.717, 1.165) is 59.2 Å². The number of rotatable bonds is 14. The highest BCUT2D eigenvalue weighted by molar-refractivity contribution is 6.53. The molecule has 0 saturated carbocycles. The Balaban J connectivity index is 0.000000401. The minimum Gasteiger partial charge on any atom is -0.481 e. The zero-order valence-electron chi connectivity index (χ0n) is 23.7. The minimum atomic E-state index is -2.74. The molecule has 9 nitrogen and oxygen atoms in total. The summed E-state index contributed by atoms with van der Waals surface area (Å²) in [5.74, 6) is -5.02. The van der Waals surface area contributed by atoms with Gasteiger partial charge in [-0.25, -0.2) is 4.79 Å². The summed E-state index contributed by atoms with van der Waals surface area (Å²) in [5.41, 5.74) is 2.69. The van der Waals surface area contributed by atoms with Gasteiger partial charge in [0, 0.05) is 24.4 Å². The third-order valence-corrected chi connectivity index (χ3v) is 6.83. The predicted octanol–water partition coefficient (Wildman–Crippen LogP) is 5.35. The molecule has 224 valence electrons. The normalized spacial score (nSPS) is 11.6. The van der Waals surface area contributed by atoms with Crippen LogP contribution in [0.15, 0.2) is 84.9 Å². The summed E-state index contributed by atoms with van der Waals surface area (Å²) < 4.78 is 0. The Morgan fingerprint density at radius 3 is 1.62 bits per heavy atom. The molecule has 0 unspecified atom stereocenters. The van der Waals surface area contributed by atoms with Gasteiger partial charge in [0.2, 0.25) is 0 Å². The van der Waals surface area contributed by atoms with E-state index in [0.29, 0.717) is 0 Å². The van der Waals surface area contributed by atoms with Crippen LogP contribution in [0.1, 0.15) is 43.4 Å². The number of aliphatic hydroxyl groups is 1. The van der Waals surface area contributed by atoms with Gasteiger partial charge in [0.25, 0.3) is 0 Å². The van der Waals surface area contributed by atoms with E-state index < -0.39 is 36.4 Å². The van der Waals surface area contributed by atoms with Crippen molar-refractivity contribution in [1.82, 2.24) is 4.90 Å². The molecule has 0 aliphatic carbocycles. The average molecular weight is 597 g/mol. The first-order valence-corrected chi connectivity index (χ1v) is 13.8. The van der Waals surface area contributed by atoms with E-state index in [1.807, 2.05) is 36.4 Å². The summed E-state index contributed by atoms with van der Waals surface area (Å²) in [6, 6.07) is 29.0. The van der Waals surface area contributed by atoms with Gasteiger partial charge in [0.1, 0.15) is 0 Å². The van der Waals surface area contributed by atoms with Crippen LogP contribution in [0.2, 0.25) is 0 Å². The summed E-state index contributed by atoms with van der Waals surface area (Å²) in [4.78, 5) is 32.9. The molecule has 0 spiro atoms. The highest BCUT2D eigenvalue weighted by Gasteiger charge is 2.40. The molecule has 0 amide bonds. The summed E-state index contributed by atoms with van der Waals surface area (Å²) in [7, 11) is 0. The lowest BCUT2D eigenvalue weighted by molar-refractivity contribution is -0.170. The summed E-state index contributed by atoms with van der Waals surface area (Å²) in [5, 5.41) is 38.1. The van der Waals surface area contributed by atoms with Gasteiger partial charge in [0.05, 0.1) is 17.9 Å². The van der Waals surface area contributed by atoms with Crippen molar-refractivity contribution in [2.24, 2.45) is 0 Å². The van der Waals surface area contributed by atoms with Crippen molar-refractivity contribution in [3.8, 4) is 0 Å². The van der Waals surface area contributed by atoms with Crippen LogP contribution in [0.5, 0.6) is 0 Å². The number of hydrogen-bond donors (Lipinski definition) is 5. The van der Waals surface area contributed by atoms with Crippen molar-refractivity contribution >= 4 is 45.8 Å². The number of halogens is 1. The molecule has 0 bridgehead atoms. The van der Waals surface area contributed by atoms with Crippen molar-refractivity contribution < 1.29 is 34.8 Å². The lowest BCUT2D eigenvalue weighted by Gasteiger charge is -2.18. The maximum absolute atomic E-state index is 10.3. The highest BCUT2D eigenvalue weighted by Crippen LogP contribution is 2.35. The van der Waals surface area contributed by atoms with Crippen LogP contribution in [0.25, 0.3) is 10.6 Å². The zero-order chi connectivity index (χ0) is 31.1. The first-order valence-electron chi connectivity index (χ1n) is 13.5. The molecule has 0 radical (unpaired) electrons. The number of likely N-dealkylation sites (N-methyl/N-ethyl adjacent to an activating group) is 1. The molecule has 0 fully saturated rings. The molecule has 3 rings (SSSR count). The number of aliphatic carboxylic acids is 3. The fraction of sp³-hybridized carbons (Fsp3) is 0.281. The topological polar surface area (TPSA) is 147 Å². The van der Waals surface area contributed by atoms with E-state index >= 15 is 0 Å². The number of carbonyl (C=O) groups is 3. The molecule has 0 saturated heterocycles. The van der Waals surface area contributed by atoms with Crippen LogP contribution in [-0.2, 0) is 14.4 Å². The molecule has 5 N–H and O–H groups in total. The Morgan fingerprint density at radius 1 is 0.738 bits per heavy atom. The standard InChI is InChI=1S/C26H29ClN2.C6H8O7/c1-3-29(4-2)20-19-28-24-17-15-22(16-18-24)25(21-11-7-5-8-12-21)26(27)23-13-9-6-10-14-23;7-3(8)1-6(13,5(11)12)2-4(9)10/h5-18,28H,3-4,19-20H2,1-2H3;13H,1-2H2,(H,7,8)(H,9,10)(H,11,12)/b26-25+;. The Labute approximate surface area is 250 Å². The van der Waals surface area contributed by atoms with Crippen molar-refractivity contribution in [2.45, 2.75) is 32.3 Å². The first kappa shape index (κ1) is 34.0. The van der Waals surface area contributed by atoms with Gasteiger partial charge in [-0.2, -0.15) is 0 Å². The smallest absolute Gasteiger partial charge is 0.336 e. The van der Waals surface area contributed by atoms with Crippen molar-refractivity contribution in [1.29, 1.82) is 0 Å². The number of carboxylic acids is 3. The van der Waals surface area contributed by atoms with Crippen molar-refractivity contribution in [3.63, 3.8) is 0 Å². The first-order chi connectivity index (χ1) is 20.0. The Bertz CT molecular complexity index is 1310. The second-order valence-corrected chi connectivity index (χ2v) is 9.81.